The maximum Gasteiger partial charge on any atom is 0.262 e. The van der Waals surface area contributed by atoms with Gasteiger partial charge in [-0.25, -0.2) is 8.42 Å². The Morgan fingerprint density at radius 2 is 2.05 bits per heavy atom. The summed E-state index contributed by atoms with van der Waals surface area (Å²) in [5, 5.41) is 10.1. The van der Waals surface area contributed by atoms with E-state index in [2.05, 4.69) is 20.2 Å². The van der Waals surface area contributed by atoms with Crippen LogP contribution in [0.5, 0.6) is 0 Å². The van der Waals surface area contributed by atoms with Crippen LogP contribution in [0.1, 0.15) is 17.0 Å². The van der Waals surface area contributed by atoms with Gasteiger partial charge < -0.3 is 5.32 Å². The second-order valence-electron chi connectivity index (χ2n) is 4.70. The number of nitrogens with one attached hydrogen (secondary N) is 3. The number of hydrogen-bond donors (Lipinski definition) is 3. The van der Waals surface area contributed by atoms with E-state index in [-0.39, 0.29) is 4.90 Å². The molecule has 6 nitrogen and oxygen atoms in total. The number of aromatic amines is 1. The second-order valence-corrected chi connectivity index (χ2v) is 6.79. The second kappa shape index (κ2) is 6.05. The number of aryl methyl sites for hydroxylation is 2. The summed E-state index contributed by atoms with van der Waals surface area (Å²) in [5.41, 5.74) is 2.56. The fourth-order valence-electron chi connectivity index (χ4n) is 1.92. The Morgan fingerprint density at radius 1 is 1.33 bits per heavy atom. The molecule has 0 spiro atoms. The summed E-state index contributed by atoms with van der Waals surface area (Å²) in [5.74, 6) is 0. The van der Waals surface area contributed by atoms with Crippen LogP contribution in [0.3, 0.4) is 0 Å². The molecule has 0 saturated heterocycles. The summed E-state index contributed by atoms with van der Waals surface area (Å²) in [6.45, 7) is 4.05. The average Bonchev–Trinajstić information content (AvgIpc) is 2.72. The molecule has 1 heterocycles. The third-order valence-corrected chi connectivity index (χ3v) is 4.77. The number of halogens is 1. The Bertz CT molecular complexity index is 736. The van der Waals surface area contributed by atoms with Gasteiger partial charge in [-0.05, 0) is 38.6 Å². The Kier molecular flexibility index (Phi) is 4.55. The minimum Gasteiger partial charge on any atom is -0.316 e. The first-order valence-corrected chi connectivity index (χ1v) is 8.18. The van der Waals surface area contributed by atoms with Crippen molar-refractivity contribution >= 4 is 27.3 Å². The van der Waals surface area contributed by atoms with Crippen molar-refractivity contribution in [2.75, 3.05) is 11.8 Å². The van der Waals surface area contributed by atoms with Gasteiger partial charge in [0.25, 0.3) is 10.0 Å². The monoisotopic (exact) mass is 328 g/mol. The van der Waals surface area contributed by atoms with E-state index in [1.165, 1.54) is 12.1 Å². The molecule has 0 saturated carbocycles. The van der Waals surface area contributed by atoms with Crippen LogP contribution in [0.15, 0.2) is 23.1 Å². The van der Waals surface area contributed by atoms with Gasteiger partial charge in [-0.15, -0.1) is 0 Å². The SMILES string of the molecule is CNCc1ccc(S(=O)(=O)Nc2c(C)n[nH]c2C)cc1Cl. The predicted octanol–water partition coefficient (Wildman–Crippen LogP) is 2.20. The van der Waals surface area contributed by atoms with Crippen molar-refractivity contribution < 1.29 is 8.42 Å². The number of nitrogens with zero attached hydrogens (tertiary/aromatic N) is 1. The smallest absolute Gasteiger partial charge is 0.262 e. The van der Waals surface area contributed by atoms with Crippen molar-refractivity contribution in [3.63, 3.8) is 0 Å². The Hall–Kier alpha value is -1.57. The lowest BCUT2D eigenvalue weighted by Gasteiger charge is -2.10. The Labute approximate surface area is 129 Å². The zero-order valence-corrected chi connectivity index (χ0v) is 13.6. The van der Waals surface area contributed by atoms with E-state index in [0.29, 0.717) is 28.6 Å². The van der Waals surface area contributed by atoms with Gasteiger partial charge >= 0.3 is 0 Å². The number of anilines is 1. The number of H-pyrrole nitrogens is 1. The van der Waals surface area contributed by atoms with Crippen LogP contribution >= 0.6 is 11.6 Å². The van der Waals surface area contributed by atoms with Gasteiger partial charge in [-0.1, -0.05) is 17.7 Å². The summed E-state index contributed by atoms with van der Waals surface area (Å²) in [6, 6.07) is 4.68. The van der Waals surface area contributed by atoms with Gasteiger partial charge in [0, 0.05) is 11.6 Å². The maximum absolute atomic E-state index is 12.4. The van der Waals surface area contributed by atoms with E-state index in [9.17, 15) is 8.42 Å². The number of rotatable bonds is 5. The minimum atomic E-state index is -3.70. The molecule has 1 aromatic carbocycles. The number of sulfonamides is 1. The van der Waals surface area contributed by atoms with Crippen LogP contribution in [0.2, 0.25) is 5.02 Å². The van der Waals surface area contributed by atoms with E-state index in [4.69, 9.17) is 11.6 Å². The van der Waals surface area contributed by atoms with E-state index in [1.807, 2.05) is 0 Å². The molecule has 0 fully saturated rings. The predicted molar refractivity (Wildman–Crippen MR) is 83.1 cm³/mol. The van der Waals surface area contributed by atoms with Crippen molar-refractivity contribution in [2.45, 2.75) is 25.3 Å². The summed E-state index contributed by atoms with van der Waals surface area (Å²) >= 11 is 6.11. The number of aromatic nitrogens is 2. The molecule has 8 heteroatoms. The first kappa shape index (κ1) is 15.8. The third kappa shape index (κ3) is 3.37. The molecule has 2 rings (SSSR count). The zero-order valence-electron chi connectivity index (χ0n) is 12.0. The van der Waals surface area contributed by atoms with Gasteiger partial charge in [0.2, 0.25) is 0 Å². The number of benzene rings is 1. The molecule has 0 bridgehead atoms. The van der Waals surface area contributed by atoms with E-state index >= 15 is 0 Å². The third-order valence-electron chi connectivity index (χ3n) is 3.07. The molecule has 2 aromatic rings. The first-order chi connectivity index (χ1) is 9.85. The quantitative estimate of drug-likeness (QED) is 0.785. The molecule has 0 unspecified atom stereocenters. The normalized spacial score (nSPS) is 11.6. The topological polar surface area (TPSA) is 86.9 Å². The van der Waals surface area contributed by atoms with Crippen LogP contribution in [-0.2, 0) is 16.6 Å². The standard InChI is InChI=1S/C13H17ClN4O2S/c1-8-13(9(2)17-16-8)18-21(19,20)11-5-4-10(7-15-3)12(14)6-11/h4-6,15,18H,7H2,1-3H3,(H,16,17). The highest BCUT2D eigenvalue weighted by molar-refractivity contribution is 7.92. The summed E-state index contributed by atoms with van der Waals surface area (Å²) in [7, 11) is -1.90. The summed E-state index contributed by atoms with van der Waals surface area (Å²) in [6.07, 6.45) is 0. The Balaban J connectivity index is 2.34. The highest BCUT2D eigenvalue weighted by atomic mass is 35.5. The lowest BCUT2D eigenvalue weighted by atomic mass is 10.2. The maximum atomic E-state index is 12.4. The van der Waals surface area contributed by atoms with E-state index in [1.54, 1.807) is 27.0 Å². The highest BCUT2D eigenvalue weighted by Crippen LogP contribution is 2.24. The van der Waals surface area contributed by atoms with Crippen LogP contribution < -0.4 is 10.0 Å². The van der Waals surface area contributed by atoms with Crippen molar-refractivity contribution in [1.29, 1.82) is 0 Å². The van der Waals surface area contributed by atoms with Gasteiger partial charge in [0.1, 0.15) is 0 Å². The van der Waals surface area contributed by atoms with Crippen molar-refractivity contribution in [3.8, 4) is 0 Å². The first-order valence-electron chi connectivity index (χ1n) is 6.32. The zero-order chi connectivity index (χ0) is 15.6. The molecule has 0 aliphatic heterocycles. The van der Waals surface area contributed by atoms with Gasteiger partial charge in [0.15, 0.2) is 0 Å². The molecule has 0 aliphatic rings. The molecule has 114 valence electrons. The van der Waals surface area contributed by atoms with Crippen LogP contribution in [0, 0.1) is 13.8 Å². The lowest BCUT2D eigenvalue weighted by Crippen LogP contribution is -2.14. The number of hydrogen-bond acceptors (Lipinski definition) is 4. The highest BCUT2D eigenvalue weighted by Gasteiger charge is 2.19. The van der Waals surface area contributed by atoms with Crippen LogP contribution in [0.25, 0.3) is 0 Å². The molecule has 3 N–H and O–H groups in total. The summed E-state index contributed by atoms with van der Waals surface area (Å²) in [4.78, 5) is 0.118. The largest absolute Gasteiger partial charge is 0.316 e. The van der Waals surface area contributed by atoms with Gasteiger partial charge in [-0.2, -0.15) is 5.10 Å². The van der Waals surface area contributed by atoms with Crippen LogP contribution in [0.4, 0.5) is 5.69 Å². The molecule has 1 aromatic heterocycles. The van der Waals surface area contributed by atoms with Gasteiger partial charge in [0.05, 0.1) is 22.0 Å². The fourth-order valence-corrected chi connectivity index (χ4v) is 3.44. The van der Waals surface area contributed by atoms with E-state index < -0.39 is 10.0 Å². The molecular formula is C13H17ClN4O2S. The van der Waals surface area contributed by atoms with Crippen molar-refractivity contribution in [2.24, 2.45) is 0 Å². The fraction of sp³-hybridized carbons (Fsp3) is 0.308. The molecule has 0 radical (unpaired) electrons. The Morgan fingerprint density at radius 3 is 2.57 bits per heavy atom. The lowest BCUT2D eigenvalue weighted by molar-refractivity contribution is 0.601. The van der Waals surface area contributed by atoms with Crippen LogP contribution in [-0.4, -0.2) is 25.7 Å². The van der Waals surface area contributed by atoms with E-state index in [0.717, 1.165) is 5.56 Å². The molecular weight excluding hydrogens is 312 g/mol. The summed E-state index contributed by atoms with van der Waals surface area (Å²) < 4.78 is 27.3. The van der Waals surface area contributed by atoms with Crippen molar-refractivity contribution in [3.05, 3.63) is 40.2 Å². The molecule has 21 heavy (non-hydrogen) atoms. The molecule has 0 aliphatic carbocycles. The molecule has 0 atom stereocenters. The molecule has 0 amide bonds. The van der Waals surface area contributed by atoms with Crippen molar-refractivity contribution in [1.82, 2.24) is 15.5 Å². The minimum absolute atomic E-state index is 0.118. The average molecular weight is 329 g/mol. The van der Waals surface area contributed by atoms with Gasteiger partial charge in [-0.3, -0.25) is 9.82 Å².